The van der Waals surface area contributed by atoms with Crippen LogP contribution in [0, 0.1) is 11.3 Å². The van der Waals surface area contributed by atoms with Crippen molar-refractivity contribution in [2.75, 3.05) is 0 Å². The third-order valence-electron chi connectivity index (χ3n) is 1.73. The number of ether oxygens (including phenoxy) is 1. The quantitative estimate of drug-likeness (QED) is 0.872. The molecule has 4 nitrogen and oxygen atoms in total. The zero-order chi connectivity index (χ0) is 13.1. The fraction of sp³-hybridized carbons (Fsp3) is 0.333. The number of hydrogen-bond acceptors (Lipinski definition) is 4. The van der Waals surface area contributed by atoms with Crippen molar-refractivity contribution in [1.29, 1.82) is 5.26 Å². The maximum Gasteiger partial charge on any atom is 0.574 e. The molecular formula is C9H6BrF3N2O2. The number of nitrogens with zero attached hydrogens (tertiary/aromatic N) is 2. The molecule has 0 saturated heterocycles. The monoisotopic (exact) mass is 310 g/mol. The molecule has 92 valence electrons. The lowest BCUT2D eigenvalue weighted by Gasteiger charge is -2.12. The maximum atomic E-state index is 12.1. The molecule has 0 aromatic carbocycles. The lowest BCUT2D eigenvalue weighted by Crippen LogP contribution is -2.19. The van der Waals surface area contributed by atoms with E-state index in [1.54, 1.807) is 6.07 Å². The van der Waals surface area contributed by atoms with Crippen LogP contribution in [0.25, 0.3) is 0 Å². The molecule has 0 saturated carbocycles. The highest BCUT2D eigenvalue weighted by Crippen LogP contribution is 2.30. The smallest absolute Gasteiger partial charge is 0.506 e. The predicted molar refractivity (Wildman–Crippen MR) is 54.5 cm³/mol. The van der Waals surface area contributed by atoms with Gasteiger partial charge in [-0.2, -0.15) is 5.26 Å². The second-order valence-electron chi connectivity index (χ2n) is 2.93. The Kier molecular flexibility index (Phi) is 4.17. The lowest BCUT2D eigenvalue weighted by molar-refractivity contribution is -0.276. The summed E-state index contributed by atoms with van der Waals surface area (Å²) in [5, 5.41) is 17.9. The van der Waals surface area contributed by atoms with Crippen LogP contribution in [0.1, 0.15) is 11.3 Å². The van der Waals surface area contributed by atoms with E-state index in [0.29, 0.717) is 0 Å². The summed E-state index contributed by atoms with van der Waals surface area (Å²) < 4.78 is 39.9. The molecule has 0 unspecified atom stereocenters. The molecule has 0 aliphatic carbocycles. The summed E-state index contributed by atoms with van der Waals surface area (Å²) in [6.45, 7) is 0. The summed E-state index contributed by atoms with van der Waals surface area (Å²) in [4.78, 5) is 3.50. The molecular weight excluding hydrogens is 305 g/mol. The molecule has 1 aromatic rings. The number of rotatable bonds is 3. The Morgan fingerprint density at radius 1 is 1.53 bits per heavy atom. The normalized spacial score (nSPS) is 11.0. The molecule has 1 heterocycles. The molecule has 0 radical (unpaired) electrons. The van der Waals surface area contributed by atoms with Crippen molar-refractivity contribution in [2.24, 2.45) is 0 Å². The van der Waals surface area contributed by atoms with Gasteiger partial charge in [-0.25, -0.2) is 4.98 Å². The number of aromatic hydroxyl groups is 1. The van der Waals surface area contributed by atoms with Gasteiger partial charge in [-0.1, -0.05) is 15.9 Å². The van der Waals surface area contributed by atoms with E-state index in [4.69, 9.17) is 5.26 Å². The average Bonchev–Trinajstić information content (AvgIpc) is 2.20. The van der Waals surface area contributed by atoms with Gasteiger partial charge < -0.3 is 9.84 Å². The minimum atomic E-state index is -4.89. The van der Waals surface area contributed by atoms with Gasteiger partial charge in [-0.15, -0.1) is 13.2 Å². The third kappa shape index (κ3) is 3.78. The summed E-state index contributed by atoms with van der Waals surface area (Å²) in [7, 11) is 0. The molecule has 1 aromatic heterocycles. The first-order valence-corrected chi connectivity index (χ1v) is 5.40. The minimum Gasteiger partial charge on any atom is -0.506 e. The molecule has 1 N–H and O–H groups in total. The van der Waals surface area contributed by atoms with E-state index in [1.807, 2.05) is 0 Å². The molecule has 0 atom stereocenters. The number of alkyl halides is 4. The van der Waals surface area contributed by atoms with Crippen LogP contribution in [0.15, 0.2) is 6.07 Å². The van der Waals surface area contributed by atoms with E-state index >= 15 is 0 Å². The molecule has 0 aliphatic rings. The molecule has 0 aliphatic heterocycles. The average molecular weight is 311 g/mol. The van der Waals surface area contributed by atoms with Crippen LogP contribution >= 0.6 is 15.9 Å². The van der Waals surface area contributed by atoms with Gasteiger partial charge >= 0.3 is 6.36 Å². The third-order valence-corrected chi connectivity index (χ3v) is 2.26. The van der Waals surface area contributed by atoms with Crippen molar-refractivity contribution in [1.82, 2.24) is 4.98 Å². The van der Waals surface area contributed by atoms with Crippen molar-refractivity contribution < 1.29 is 23.0 Å². The highest BCUT2D eigenvalue weighted by molar-refractivity contribution is 9.08. The van der Waals surface area contributed by atoms with Gasteiger partial charge in [0.2, 0.25) is 5.88 Å². The molecule has 0 spiro atoms. The maximum absolute atomic E-state index is 12.1. The van der Waals surface area contributed by atoms with E-state index in [1.165, 1.54) is 0 Å². The first-order valence-electron chi connectivity index (χ1n) is 4.27. The summed E-state index contributed by atoms with van der Waals surface area (Å²) >= 11 is 2.96. The second kappa shape index (κ2) is 5.23. The predicted octanol–water partition coefficient (Wildman–Crippen LogP) is 2.65. The molecule has 0 amide bonds. The number of hydrogen-bond donors (Lipinski definition) is 1. The van der Waals surface area contributed by atoms with Gasteiger partial charge in [-0.3, -0.25) is 0 Å². The van der Waals surface area contributed by atoms with Crippen molar-refractivity contribution >= 4 is 15.9 Å². The van der Waals surface area contributed by atoms with Gasteiger partial charge in [0, 0.05) is 10.9 Å². The Morgan fingerprint density at radius 2 is 2.18 bits per heavy atom. The first kappa shape index (κ1) is 13.6. The Hall–Kier alpha value is -1.49. The zero-order valence-corrected chi connectivity index (χ0v) is 9.84. The molecule has 8 heteroatoms. The molecule has 17 heavy (non-hydrogen) atoms. The summed E-state index contributed by atoms with van der Waals surface area (Å²) in [6.07, 6.45) is -5.23. The van der Waals surface area contributed by atoms with Gasteiger partial charge in [0.25, 0.3) is 0 Å². The standard InChI is InChI=1S/C9H6BrF3N2O2/c10-4-6-7(16)3-5(1-2-14)8(15-6)17-9(11,12)13/h3,16H,1,4H2. The summed E-state index contributed by atoms with van der Waals surface area (Å²) in [5.41, 5.74) is -0.113. The SMILES string of the molecule is N#CCc1cc(O)c(CBr)nc1OC(F)(F)F. The molecule has 1 rings (SSSR count). The van der Waals surface area contributed by atoms with Gasteiger partial charge in [0.1, 0.15) is 5.75 Å². The van der Waals surface area contributed by atoms with Crippen LogP contribution in [0.5, 0.6) is 11.6 Å². The van der Waals surface area contributed by atoms with Crippen LogP contribution in [-0.2, 0) is 11.8 Å². The first-order chi connectivity index (χ1) is 7.87. The number of pyridine rings is 1. The van der Waals surface area contributed by atoms with Crippen LogP contribution in [-0.4, -0.2) is 16.5 Å². The Bertz CT molecular complexity index is 457. The summed E-state index contributed by atoms with van der Waals surface area (Å²) in [5.74, 6) is -1.01. The Balaban J connectivity index is 3.20. The second-order valence-corrected chi connectivity index (χ2v) is 3.50. The van der Waals surface area contributed by atoms with E-state index < -0.39 is 12.2 Å². The Labute approximate surface area is 103 Å². The fourth-order valence-electron chi connectivity index (χ4n) is 1.07. The largest absolute Gasteiger partial charge is 0.574 e. The van der Waals surface area contributed by atoms with E-state index in [9.17, 15) is 18.3 Å². The lowest BCUT2D eigenvalue weighted by atomic mass is 10.2. The van der Waals surface area contributed by atoms with Crippen LogP contribution in [0.4, 0.5) is 13.2 Å². The fourth-order valence-corrected chi connectivity index (χ4v) is 1.48. The van der Waals surface area contributed by atoms with E-state index in [2.05, 4.69) is 25.7 Å². The number of aromatic nitrogens is 1. The molecule has 0 bridgehead atoms. The van der Waals surface area contributed by atoms with Crippen molar-refractivity contribution in [3.63, 3.8) is 0 Å². The molecule has 0 fully saturated rings. The van der Waals surface area contributed by atoms with Crippen LogP contribution < -0.4 is 4.74 Å². The minimum absolute atomic E-state index is 0.00550. The van der Waals surface area contributed by atoms with Crippen LogP contribution in [0.3, 0.4) is 0 Å². The highest BCUT2D eigenvalue weighted by Gasteiger charge is 2.33. The number of nitriles is 1. The topological polar surface area (TPSA) is 66.1 Å². The highest BCUT2D eigenvalue weighted by atomic mass is 79.9. The van der Waals surface area contributed by atoms with Gasteiger partial charge in [0.05, 0.1) is 18.2 Å². The van der Waals surface area contributed by atoms with E-state index in [-0.39, 0.29) is 28.8 Å². The number of halogens is 4. The summed E-state index contributed by atoms with van der Waals surface area (Å²) in [6, 6.07) is 2.70. The van der Waals surface area contributed by atoms with Gasteiger partial charge in [0.15, 0.2) is 0 Å². The van der Waals surface area contributed by atoms with E-state index in [0.717, 1.165) is 6.07 Å². The van der Waals surface area contributed by atoms with Crippen molar-refractivity contribution in [3.05, 3.63) is 17.3 Å². The van der Waals surface area contributed by atoms with Crippen molar-refractivity contribution in [2.45, 2.75) is 18.1 Å². The van der Waals surface area contributed by atoms with Crippen LogP contribution in [0.2, 0.25) is 0 Å². The van der Waals surface area contributed by atoms with Gasteiger partial charge in [-0.05, 0) is 6.07 Å². The Morgan fingerprint density at radius 3 is 2.65 bits per heavy atom. The zero-order valence-electron chi connectivity index (χ0n) is 8.25. The van der Waals surface area contributed by atoms with Crippen molar-refractivity contribution in [3.8, 4) is 17.7 Å².